The molecule has 0 aliphatic rings. The molecule has 0 aromatic heterocycles. The maximum absolute atomic E-state index is 10.1. The Bertz CT molecular complexity index is 206. The van der Waals surface area contributed by atoms with E-state index in [1.165, 1.54) is 0 Å². The monoisotopic (exact) mass is 193 g/mol. The highest BCUT2D eigenvalue weighted by molar-refractivity contribution is 5.02. The number of nitroso groups, excluding NO2 is 3. The minimum atomic E-state index is -3.29. The van der Waals surface area contributed by atoms with Gasteiger partial charge in [-0.05, 0) is 10.4 Å². The third kappa shape index (κ3) is 1.56. The predicted octanol–water partition coefficient (Wildman–Crippen LogP) is -1.34. The van der Waals surface area contributed by atoms with Gasteiger partial charge in [-0.25, -0.2) is 0 Å². The topological polar surface area (TPSA) is 149 Å². The zero-order valence-corrected chi connectivity index (χ0v) is 6.32. The Hall–Kier alpha value is -1.32. The van der Waals surface area contributed by atoms with Crippen LogP contribution in [0.1, 0.15) is 0 Å². The summed E-state index contributed by atoms with van der Waals surface area (Å²) in [6.45, 7) is -2.47. The average molecular weight is 193 g/mol. The number of nitrogens with zero attached hydrogens (tertiary/aromatic N) is 3. The molecule has 0 saturated carbocycles. The molecule has 0 heterocycles. The van der Waals surface area contributed by atoms with Crippen LogP contribution in [0, 0.1) is 14.7 Å². The van der Waals surface area contributed by atoms with Crippen molar-refractivity contribution < 1.29 is 15.3 Å². The Morgan fingerprint density at radius 3 is 1.38 bits per heavy atom. The first-order valence-electron chi connectivity index (χ1n) is 3.03. The standard InChI is InChI=1S/C4H7N3O6/c8-1-3(2-9,5-11)4(10,6-12)7-13/h8-10H,1-2H2. The molecule has 0 aromatic carbocycles. The van der Waals surface area contributed by atoms with Gasteiger partial charge in [-0.15, -0.1) is 14.7 Å². The molecule has 9 nitrogen and oxygen atoms in total. The van der Waals surface area contributed by atoms with E-state index in [0.29, 0.717) is 0 Å². The largest absolute Gasteiger partial charge is 0.393 e. The Kier molecular flexibility index (Phi) is 3.66. The lowest BCUT2D eigenvalue weighted by Gasteiger charge is -2.27. The van der Waals surface area contributed by atoms with Gasteiger partial charge in [0.15, 0.2) is 0 Å². The summed E-state index contributed by atoms with van der Waals surface area (Å²) in [4.78, 5) is 30.1. The maximum Gasteiger partial charge on any atom is 0.364 e. The Morgan fingerprint density at radius 1 is 0.923 bits per heavy atom. The van der Waals surface area contributed by atoms with E-state index < -0.39 is 24.6 Å². The second-order valence-corrected chi connectivity index (χ2v) is 2.26. The van der Waals surface area contributed by atoms with Crippen LogP contribution in [-0.4, -0.2) is 39.9 Å². The fourth-order valence-corrected chi connectivity index (χ4v) is 0.568. The van der Waals surface area contributed by atoms with E-state index in [1.54, 1.807) is 0 Å². The summed E-state index contributed by atoms with van der Waals surface area (Å²) in [6, 6.07) is 0. The van der Waals surface area contributed by atoms with E-state index in [1.807, 2.05) is 10.4 Å². The third-order valence-corrected chi connectivity index (χ3v) is 1.58. The van der Waals surface area contributed by atoms with Crippen molar-refractivity contribution in [1.29, 1.82) is 0 Å². The van der Waals surface area contributed by atoms with Crippen molar-refractivity contribution in [2.45, 2.75) is 11.4 Å². The lowest BCUT2D eigenvalue weighted by Crippen LogP contribution is -2.55. The quantitative estimate of drug-likeness (QED) is 0.444. The number of aliphatic hydroxyl groups is 3. The molecule has 0 amide bonds. The number of aliphatic hydroxyl groups excluding tert-OH is 2. The summed E-state index contributed by atoms with van der Waals surface area (Å²) in [5, 5.41) is 31.8. The van der Waals surface area contributed by atoms with Gasteiger partial charge in [0.2, 0.25) is 5.54 Å². The van der Waals surface area contributed by atoms with Gasteiger partial charge in [-0.1, -0.05) is 5.18 Å². The van der Waals surface area contributed by atoms with Gasteiger partial charge in [0.25, 0.3) is 0 Å². The Morgan fingerprint density at radius 2 is 1.31 bits per heavy atom. The zero-order chi connectivity index (χ0) is 10.5. The molecular weight excluding hydrogens is 186 g/mol. The van der Waals surface area contributed by atoms with Crippen LogP contribution < -0.4 is 0 Å². The van der Waals surface area contributed by atoms with Gasteiger partial charge in [0.1, 0.15) is 0 Å². The van der Waals surface area contributed by atoms with Crippen molar-refractivity contribution in [2.75, 3.05) is 13.2 Å². The smallest absolute Gasteiger partial charge is 0.364 e. The Labute approximate surface area is 71.3 Å². The zero-order valence-electron chi connectivity index (χ0n) is 6.32. The minimum absolute atomic E-state index is 1.24. The van der Waals surface area contributed by atoms with Crippen molar-refractivity contribution in [1.82, 2.24) is 0 Å². The lowest BCUT2D eigenvalue weighted by molar-refractivity contribution is -0.0685. The summed E-state index contributed by atoms with van der Waals surface area (Å²) in [5.41, 5.74) is -2.64. The molecule has 0 fully saturated rings. The summed E-state index contributed by atoms with van der Waals surface area (Å²) in [7, 11) is 0. The second kappa shape index (κ2) is 4.07. The molecule has 74 valence electrons. The van der Waals surface area contributed by atoms with Crippen LogP contribution in [0.25, 0.3) is 0 Å². The van der Waals surface area contributed by atoms with Gasteiger partial charge in [0, 0.05) is 0 Å². The summed E-state index contributed by atoms with van der Waals surface area (Å²) >= 11 is 0. The van der Waals surface area contributed by atoms with Crippen LogP contribution in [-0.2, 0) is 0 Å². The normalized spacial score (nSPS) is 12.2. The van der Waals surface area contributed by atoms with E-state index in [4.69, 9.17) is 15.3 Å². The predicted molar refractivity (Wildman–Crippen MR) is 39.2 cm³/mol. The van der Waals surface area contributed by atoms with Gasteiger partial charge in [0.05, 0.1) is 13.2 Å². The van der Waals surface area contributed by atoms with E-state index in [9.17, 15) is 14.7 Å². The first kappa shape index (κ1) is 11.7. The van der Waals surface area contributed by atoms with Gasteiger partial charge in [-0.3, -0.25) is 0 Å². The highest BCUT2D eigenvalue weighted by atomic mass is 16.4. The molecule has 13 heavy (non-hydrogen) atoms. The maximum atomic E-state index is 10.1. The van der Waals surface area contributed by atoms with Gasteiger partial charge in [-0.2, -0.15) is 0 Å². The molecule has 0 radical (unpaired) electrons. The van der Waals surface area contributed by atoms with Crippen LogP contribution >= 0.6 is 0 Å². The lowest BCUT2D eigenvalue weighted by atomic mass is 9.97. The molecule has 0 bridgehead atoms. The van der Waals surface area contributed by atoms with Crippen molar-refractivity contribution in [3.8, 4) is 0 Å². The molecule has 0 aliphatic carbocycles. The van der Waals surface area contributed by atoms with E-state index >= 15 is 0 Å². The minimum Gasteiger partial charge on any atom is -0.393 e. The van der Waals surface area contributed by atoms with Crippen molar-refractivity contribution in [2.24, 2.45) is 15.5 Å². The van der Waals surface area contributed by atoms with Crippen molar-refractivity contribution in [3.05, 3.63) is 14.7 Å². The molecule has 0 unspecified atom stereocenters. The summed E-state index contributed by atoms with van der Waals surface area (Å²) in [6.07, 6.45) is 0. The SMILES string of the molecule is O=NC(CO)(CO)C(O)(N=O)N=O. The van der Waals surface area contributed by atoms with Gasteiger partial charge >= 0.3 is 5.85 Å². The van der Waals surface area contributed by atoms with E-state index in [2.05, 4.69) is 5.18 Å². The molecule has 9 heteroatoms. The molecule has 0 saturated heterocycles. The average Bonchev–Trinajstić information content (AvgIpc) is 2.20. The van der Waals surface area contributed by atoms with Gasteiger partial charge < -0.3 is 15.3 Å². The number of hydrogen-bond donors (Lipinski definition) is 3. The fourth-order valence-electron chi connectivity index (χ4n) is 0.568. The molecule has 3 N–H and O–H groups in total. The number of hydrogen-bond acceptors (Lipinski definition) is 9. The highest BCUT2D eigenvalue weighted by Crippen LogP contribution is 2.28. The number of rotatable bonds is 6. The molecular formula is C4H7N3O6. The van der Waals surface area contributed by atoms with Crippen LogP contribution in [0.3, 0.4) is 0 Å². The molecule has 0 rings (SSSR count). The molecule has 0 aliphatic heterocycles. The first-order chi connectivity index (χ1) is 6.05. The first-order valence-corrected chi connectivity index (χ1v) is 3.03. The Balaban J connectivity index is 5.22. The van der Waals surface area contributed by atoms with E-state index in [0.717, 1.165) is 0 Å². The van der Waals surface area contributed by atoms with Crippen molar-refractivity contribution in [3.63, 3.8) is 0 Å². The summed E-state index contributed by atoms with van der Waals surface area (Å²) < 4.78 is 0. The summed E-state index contributed by atoms with van der Waals surface area (Å²) in [5.74, 6) is -3.29. The van der Waals surface area contributed by atoms with Crippen LogP contribution in [0.2, 0.25) is 0 Å². The third-order valence-electron chi connectivity index (χ3n) is 1.58. The molecule has 0 spiro atoms. The molecule has 0 atom stereocenters. The van der Waals surface area contributed by atoms with Crippen molar-refractivity contribution >= 4 is 0 Å². The van der Waals surface area contributed by atoms with Crippen LogP contribution in [0.4, 0.5) is 0 Å². The fraction of sp³-hybridized carbons (Fsp3) is 1.00. The molecule has 0 aromatic rings. The van der Waals surface area contributed by atoms with E-state index in [-0.39, 0.29) is 0 Å². The van der Waals surface area contributed by atoms with Crippen LogP contribution in [0.5, 0.6) is 0 Å². The second-order valence-electron chi connectivity index (χ2n) is 2.26. The highest BCUT2D eigenvalue weighted by Gasteiger charge is 2.57. The van der Waals surface area contributed by atoms with Crippen LogP contribution in [0.15, 0.2) is 15.5 Å².